The molecule has 0 fully saturated rings. The van der Waals surface area contributed by atoms with Crippen molar-refractivity contribution in [3.05, 3.63) is 47.6 Å². The van der Waals surface area contributed by atoms with Gasteiger partial charge in [-0.3, -0.25) is 0 Å². The molecule has 1 amide bonds. The quantitative estimate of drug-likeness (QED) is 0.546. The van der Waals surface area contributed by atoms with Gasteiger partial charge in [-0.15, -0.1) is 11.3 Å². The maximum Gasteiger partial charge on any atom is 0.407 e. The summed E-state index contributed by atoms with van der Waals surface area (Å²) in [7, 11) is -4.07. The van der Waals surface area contributed by atoms with Gasteiger partial charge in [-0.25, -0.2) is 23.2 Å². The Morgan fingerprint density at radius 1 is 1.27 bits per heavy atom. The molecular weight excluding hydrogens is 431 g/mol. The van der Waals surface area contributed by atoms with E-state index >= 15 is 0 Å². The molecule has 2 N–H and O–H groups in total. The van der Waals surface area contributed by atoms with E-state index < -0.39 is 21.9 Å². The highest BCUT2D eigenvalue weighted by molar-refractivity contribution is 7.93. The fraction of sp³-hybridized carbons (Fsp3) is 0.316. The number of aromatic nitrogens is 3. The lowest BCUT2D eigenvalue weighted by atomic mass is 9.96. The number of hydrogen-bond donors (Lipinski definition) is 2. The van der Waals surface area contributed by atoms with E-state index in [0.29, 0.717) is 4.88 Å². The van der Waals surface area contributed by atoms with Crippen LogP contribution >= 0.6 is 11.3 Å². The first-order valence-corrected chi connectivity index (χ1v) is 11.2. The highest BCUT2D eigenvalue weighted by Crippen LogP contribution is 2.39. The number of amides is 1. The fourth-order valence-corrected chi connectivity index (χ4v) is 5.88. The number of nitrogens with one attached hydrogen (secondary N) is 1. The molecule has 3 aromatic heterocycles. The number of sulfone groups is 1. The van der Waals surface area contributed by atoms with Gasteiger partial charge in [0.15, 0.2) is 0 Å². The van der Waals surface area contributed by atoms with Crippen LogP contribution in [0.5, 0.6) is 0 Å². The minimum atomic E-state index is -4.07. The van der Waals surface area contributed by atoms with Crippen LogP contribution in [0, 0.1) is 11.4 Å². The van der Waals surface area contributed by atoms with Crippen LogP contribution in [0.3, 0.4) is 0 Å². The summed E-state index contributed by atoms with van der Waals surface area (Å²) < 4.78 is 40.5. The highest BCUT2D eigenvalue weighted by atomic mass is 32.2. The van der Waals surface area contributed by atoms with E-state index in [1.165, 1.54) is 41.7 Å². The summed E-state index contributed by atoms with van der Waals surface area (Å²) >= 11 is 0.893. The molecule has 0 spiro atoms. The van der Waals surface area contributed by atoms with Crippen LogP contribution in [0.25, 0.3) is 11.1 Å². The van der Waals surface area contributed by atoms with E-state index in [1.54, 1.807) is 0 Å². The molecule has 3 aromatic rings. The zero-order valence-corrected chi connectivity index (χ0v) is 18.2. The number of nitrogens with zero attached hydrogens (tertiary/aromatic N) is 3. The third-order valence-corrected chi connectivity index (χ3v) is 7.32. The van der Waals surface area contributed by atoms with Crippen molar-refractivity contribution in [1.82, 2.24) is 19.9 Å². The zero-order chi connectivity index (χ0) is 22.1. The number of pyridine rings is 1. The molecule has 30 heavy (non-hydrogen) atoms. The van der Waals surface area contributed by atoms with Crippen LogP contribution in [0.4, 0.5) is 9.18 Å². The van der Waals surface area contributed by atoms with Crippen LogP contribution in [0.1, 0.15) is 25.6 Å². The third kappa shape index (κ3) is 4.68. The Kier molecular flexibility index (Phi) is 5.95. The number of hydrogen-bond acceptors (Lipinski definition) is 6. The van der Waals surface area contributed by atoms with E-state index in [0.717, 1.165) is 11.3 Å². The van der Waals surface area contributed by atoms with Crippen molar-refractivity contribution in [3.63, 3.8) is 0 Å². The summed E-state index contributed by atoms with van der Waals surface area (Å²) in [5.41, 5.74) is -0.155. The Balaban J connectivity index is 2.11. The summed E-state index contributed by atoms with van der Waals surface area (Å²) in [6.07, 6.45) is 2.83. The first-order chi connectivity index (χ1) is 14.0. The number of thiophene rings is 1. The predicted octanol–water partition coefficient (Wildman–Crippen LogP) is 4.03. The van der Waals surface area contributed by atoms with Crippen LogP contribution in [-0.2, 0) is 16.4 Å². The van der Waals surface area contributed by atoms with Crippen LogP contribution in [-0.4, -0.2) is 46.0 Å². The van der Waals surface area contributed by atoms with Crippen LogP contribution < -0.4 is 0 Å². The lowest BCUT2D eigenvalue weighted by molar-refractivity contribution is 0.123. The molecule has 0 unspecified atom stereocenters. The average Bonchev–Trinajstić information content (AvgIpc) is 3.31. The van der Waals surface area contributed by atoms with E-state index in [-0.39, 0.29) is 39.0 Å². The maximum atomic E-state index is 14.4. The lowest BCUT2D eigenvalue weighted by Crippen LogP contribution is -2.36. The molecule has 0 bridgehead atoms. The predicted molar refractivity (Wildman–Crippen MR) is 109 cm³/mol. The number of carbonyl (C=O) groups is 1. The number of aromatic amines is 1. The minimum absolute atomic E-state index is 0.0165. The van der Waals surface area contributed by atoms with Gasteiger partial charge in [-0.1, -0.05) is 20.8 Å². The molecule has 0 aromatic carbocycles. The van der Waals surface area contributed by atoms with Gasteiger partial charge in [0.2, 0.25) is 20.9 Å². The molecule has 0 radical (unpaired) electrons. The molecule has 0 atom stereocenters. The van der Waals surface area contributed by atoms with Crippen LogP contribution in [0.2, 0.25) is 0 Å². The molecule has 0 aliphatic carbocycles. The Bertz CT molecular complexity index is 1150. The topological polar surface area (TPSA) is 116 Å². The Hall–Kier alpha value is -2.79. The number of imidazole rings is 1. The lowest BCUT2D eigenvalue weighted by Gasteiger charge is -2.27. The standard InChI is InChI=1S/C19H21FN4O4S2/c1-19(2,3)11-24(18(25)26)10-12-9-14(13-5-4-6-21-15(13)20)16(29-12)30(27,28)17-22-7-8-23-17/h4-9H,10-11H2,1-3H3,(H,22,23)(H,25,26). The van der Waals surface area contributed by atoms with Gasteiger partial charge in [-0.2, -0.15) is 4.39 Å². The summed E-state index contributed by atoms with van der Waals surface area (Å²) in [5, 5.41) is 9.30. The van der Waals surface area contributed by atoms with Crippen molar-refractivity contribution in [1.29, 1.82) is 0 Å². The molecule has 0 saturated heterocycles. The summed E-state index contributed by atoms with van der Waals surface area (Å²) in [6, 6.07) is 4.43. The molecular formula is C19H21FN4O4S2. The number of rotatable bonds is 6. The second-order valence-electron chi connectivity index (χ2n) is 7.85. The van der Waals surface area contributed by atoms with Crippen molar-refractivity contribution in [2.75, 3.05) is 6.54 Å². The summed E-state index contributed by atoms with van der Waals surface area (Å²) in [5.74, 6) is -0.817. The van der Waals surface area contributed by atoms with Crippen molar-refractivity contribution >= 4 is 27.3 Å². The summed E-state index contributed by atoms with van der Waals surface area (Å²) in [4.78, 5) is 23.4. The largest absolute Gasteiger partial charge is 0.465 e. The average molecular weight is 453 g/mol. The molecule has 3 rings (SSSR count). The molecule has 0 aliphatic rings. The van der Waals surface area contributed by atoms with Gasteiger partial charge in [0, 0.05) is 41.1 Å². The van der Waals surface area contributed by atoms with E-state index in [4.69, 9.17) is 0 Å². The number of H-pyrrole nitrogens is 1. The fourth-order valence-electron chi connectivity index (χ4n) is 2.91. The van der Waals surface area contributed by atoms with Gasteiger partial charge < -0.3 is 15.0 Å². The molecule has 8 nitrogen and oxygen atoms in total. The number of carboxylic acid groups (broad SMARTS) is 1. The third-order valence-electron chi connectivity index (χ3n) is 4.05. The zero-order valence-electron chi connectivity index (χ0n) is 16.6. The van der Waals surface area contributed by atoms with E-state index in [9.17, 15) is 22.7 Å². The van der Waals surface area contributed by atoms with Gasteiger partial charge in [0.05, 0.1) is 6.54 Å². The van der Waals surface area contributed by atoms with Crippen LogP contribution in [0.15, 0.2) is 46.2 Å². The minimum Gasteiger partial charge on any atom is -0.465 e. The van der Waals surface area contributed by atoms with Gasteiger partial charge in [0.25, 0.3) is 0 Å². The second kappa shape index (κ2) is 8.15. The molecule has 0 saturated carbocycles. The van der Waals surface area contributed by atoms with Crippen molar-refractivity contribution in [3.8, 4) is 11.1 Å². The van der Waals surface area contributed by atoms with Crippen molar-refractivity contribution < 1.29 is 22.7 Å². The molecule has 3 heterocycles. The Morgan fingerprint density at radius 2 is 2.00 bits per heavy atom. The monoisotopic (exact) mass is 452 g/mol. The van der Waals surface area contributed by atoms with Gasteiger partial charge in [0.1, 0.15) is 4.21 Å². The molecule has 0 aliphatic heterocycles. The van der Waals surface area contributed by atoms with Gasteiger partial charge >= 0.3 is 6.09 Å². The number of halogens is 1. The Morgan fingerprint density at radius 3 is 2.57 bits per heavy atom. The Labute approximate surface area is 177 Å². The van der Waals surface area contributed by atoms with Crippen molar-refractivity contribution in [2.24, 2.45) is 5.41 Å². The normalized spacial score (nSPS) is 12.1. The first-order valence-electron chi connectivity index (χ1n) is 8.95. The molecule has 160 valence electrons. The van der Waals surface area contributed by atoms with Crippen molar-refractivity contribution in [2.45, 2.75) is 36.7 Å². The maximum absolute atomic E-state index is 14.4. The van der Waals surface area contributed by atoms with E-state index in [2.05, 4.69) is 15.0 Å². The summed E-state index contributed by atoms with van der Waals surface area (Å²) in [6.45, 7) is 5.93. The van der Waals surface area contributed by atoms with E-state index in [1.807, 2.05) is 20.8 Å². The second-order valence-corrected chi connectivity index (χ2v) is 11.0. The molecule has 11 heteroatoms. The smallest absolute Gasteiger partial charge is 0.407 e. The first kappa shape index (κ1) is 21.9. The highest BCUT2D eigenvalue weighted by Gasteiger charge is 2.30. The SMILES string of the molecule is CC(C)(C)CN(Cc1cc(-c2cccnc2F)c(S(=O)(=O)c2ncc[nH]2)s1)C(=O)O. The van der Waals surface area contributed by atoms with Gasteiger partial charge in [-0.05, 0) is 23.6 Å².